The highest BCUT2D eigenvalue weighted by Gasteiger charge is 2.15. The number of para-hydroxylation sites is 2. The van der Waals surface area contributed by atoms with Gasteiger partial charge in [0.2, 0.25) is 0 Å². The molecule has 0 amide bonds. The van der Waals surface area contributed by atoms with Crippen LogP contribution >= 0.6 is 0 Å². The zero-order chi connectivity index (χ0) is 14.1. The fraction of sp³-hybridized carbons (Fsp3) is 0.188. The van der Waals surface area contributed by atoms with E-state index in [1.54, 1.807) is 12.1 Å². The Hall–Kier alpha value is -2.49. The lowest BCUT2D eigenvalue weighted by Crippen LogP contribution is -1.99. The van der Waals surface area contributed by atoms with Crippen molar-refractivity contribution in [2.45, 2.75) is 19.3 Å². The van der Waals surface area contributed by atoms with Crippen molar-refractivity contribution >= 4 is 11.1 Å². The highest BCUT2D eigenvalue weighted by molar-refractivity contribution is 5.72. The van der Waals surface area contributed by atoms with E-state index in [0.29, 0.717) is 12.3 Å². The molecule has 0 aliphatic rings. The first kappa shape index (κ1) is 12.5. The molecule has 4 heteroatoms. The topological polar surface area (TPSA) is 66.5 Å². The number of aromatic hydroxyl groups is 2. The van der Waals surface area contributed by atoms with Crippen molar-refractivity contribution in [2.24, 2.45) is 0 Å². The Kier molecular flexibility index (Phi) is 3.06. The largest absolute Gasteiger partial charge is 0.508 e. The Labute approximate surface area is 116 Å². The summed E-state index contributed by atoms with van der Waals surface area (Å²) in [7, 11) is 0. The maximum Gasteiger partial charge on any atom is 0.196 e. The van der Waals surface area contributed by atoms with Gasteiger partial charge in [-0.25, -0.2) is 4.98 Å². The van der Waals surface area contributed by atoms with E-state index < -0.39 is 0 Å². The van der Waals surface area contributed by atoms with Crippen molar-refractivity contribution in [2.75, 3.05) is 0 Å². The maximum atomic E-state index is 9.87. The molecule has 0 saturated carbocycles. The van der Waals surface area contributed by atoms with Crippen LogP contribution in [0.3, 0.4) is 0 Å². The molecule has 102 valence electrons. The number of rotatable bonds is 3. The molecule has 1 unspecified atom stereocenters. The molecule has 1 atom stereocenters. The van der Waals surface area contributed by atoms with Crippen LogP contribution in [0.4, 0.5) is 0 Å². The second-order valence-corrected chi connectivity index (χ2v) is 4.92. The summed E-state index contributed by atoms with van der Waals surface area (Å²) in [5.74, 6) is 0.837. The van der Waals surface area contributed by atoms with Gasteiger partial charge in [-0.2, -0.15) is 0 Å². The minimum absolute atomic E-state index is 0.0451. The molecule has 0 spiro atoms. The number of phenolic OH excluding ortho intramolecular Hbond substituents is 2. The van der Waals surface area contributed by atoms with Gasteiger partial charge in [-0.05, 0) is 29.7 Å². The van der Waals surface area contributed by atoms with Gasteiger partial charge in [0.15, 0.2) is 11.5 Å². The molecule has 0 saturated heterocycles. The highest BCUT2D eigenvalue weighted by atomic mass is 16.3. The summed E-state index contributed by atoms with van der Waals surface area (Å²) in [6, 6.07) is 12.3. The van der Waals surface area contributed by atoms with Crippen LogP contribution in [-0.2, 0) is 6.42 Å². The van der Waals surface area contributed by atoms with Crippen LogP contribution in [0, 0.1) is 0 Å². The van der Waals surface area contributed by atoms with Gasteiger partial charge in [0.05, 0.1) is 0 Å². The fourth-order valence-electron chi connectivity index (χ4n) is 2.33. The number of hydrogen-bond acceptors (Lipinski definition) is 4. The van der Waals surface area contributed by atoms with Gasteiger partial charge in [-0.3, -0.25) is 0 Å². The summed E-state index contributed by atoms with van der Waals surface area (Å²) >= 11 is 0. The van der Waals surface area contributed by atoms with E-state index >= 15 is 0 Å². The number of nitrogens with zero attached hydrogens (tertiary/aromatic N) is 1. The number of hydrogen-bond donors (Lipinski definition) is 2. The van der Waals surface area contributed by atoms with Gasteiger partial charge in [0.1, 0.15) is 17.0 Å². The van der Waals surface area contributed by atoms with Crippen molar-refractivity contribution in [1.29, 1.82) is 0 Å². The fourth-order valence-corrected chi connectivity index (χ4v) is 2.33. The van der Waals surface area contributed by atoms with Crippen LogP contribution in [0.25, 0.3) is 11.1 Å². The molecule has 4 nitrogen and oxygen atoms in total. The number of aromatic nitrogens is 1. The molecular weight excluding hydrogens is 254 g/mol. The average molecular weight is 269 g/mol. The summed E-state index contributed by atoms with van der Waals surface area (Å²) < 4.78 is 5.68. The Bertz CT molecular complexity index is 715. The zero-order valence-electron chi connectivity index (χ0n) is 11.1. The highest BCUT2D eigenvalue weighted by Crippen LogP contribution is 2.31. The molecule has 3 rings (SSSR count). The summed E-state index contributed by atoms with van der Waals surface area (Å²) in [5.41, 5.74) is 2.37. The van der Waals surface area contributed by atoms with Crippen LogP contribution < -0.4 is 0 Å². The van der Waals surface area contributed by atoms with E-state index in [-0.39, 0.29) is 17.4 Å². The lowest BCUT2D eigenvalue weighted by atomic mass is 9.97. The number of oxazole rings is 1. The molecule has 1 aromatic heterocycles. The first-order valence-corrected chi connectivity index (χ1v) is 6.50. The Morgan fingerprint density at radius 3 is 2.70 bits per heavy atom. The van der Waals surface area contributed by atoms with Gasteiger partial charge < -0.3 is 14.6 Å². The Morgan fingerprint density at radius 2 is 1.95 bits per heavy atom. The van der Waals surface area contributed by atoms with Gasteiger partial charge in [0, 0.05) is 12.5 Å². The lowest BCUT2D eigenvalue weighted by Gasteiger charge is -2.11. The van der Waals surface area contributed by atoms with Crippen molar-refractivity contribution in [3.05, 3.63) is 53.9 Å². The third kappa shape index (κ3) is 2.32. The molecule has 1 heterocycles. The maximum absolute atomic E-state index is 9.87. The molecule has 0 aliphatic heterocycles. The van der Waals surface area contributed by atoms with E-state index in [1.165, 1.54) is 6.07 Å². The van der Waals surface area contributed by atoms with Crippen molar-refractivity contribution in [3.8, 4) is 11.5 Å². The average Bonchev–Trinajstić information content (AvgIpc) is 2.80. The monoisotopic (exact) mass is 269 g/mol. The predicted molar refractivity (Wildman–Crippen MR) is 75.9 cm³/mol. The first-order chi connectivity index (χ1) is 9.63. The molecular formula is C16H15NO3. The van der Waals surface area contributed by atoms with E-state index in [1.807, 2.05) is 31.2 Å². The van der Waals surface area contributed by atoms with Crippen molar-refractivity contribution in [3.63, 3.8) is 0 Å². The van der Waals surface area contributed by atoms with Gasteiger partial charge >= 0.3 is 0 Å². The smallest absolute Gasteiger partial charge is 0.196 e. The SMILES string of the molecule is CC(Cc1nc2ccccc2o1)c1ccc(O)cc1O. The van der Waals surface area contributed by atoms with Crippen LogP contribution in [0.15, 0.2) is 46.9 Å². The van der Waals surface area contributed by atoms with Crippen LogP contribution in [0.1, 0.15) is 24.3 Å². The van der Waals surface area contributed by atoms with Crippen LogP contribution in [0.2, 0.25) is 0 Å². The number of fused-ring (bicyclic) bond motifs is 1. The normalized spacial score (nSPS) is 12.7. The van der Waals surface area contributed by atoms with Gasteiger partial charge in [-0.15, -0.1) is 0 Å². The minimum atomic E-state index is 0.0451. The Balaban J connectivity index is 1.86. The predicted octanol–water partition coefficient (Wildman–Crippen LogP) is 3.59. The first-order valence-electron chi connectivity index (χ1n) is 6.50. The van der Waals surface area contributed by atoms with Crippen molar-refractivity contribution < 1.29 is 14.6 Å². The molecule has 20 heavy (non-hydrogen) atoms. The second kappa shape index (κ2) is 4.89. The summed E-state index contributed by atoms with van der Waals surface area (Å²) in [6.45, 7) is 1.99. The minimum Gasteiger partial charge on any atom is -0.508 e. The molecule has 2 N–H and O–H groups in total. The van der Waals surface area contributed by atoms with Crippen LogP contribution in [0.5, 0.6) is 11.5 Å². The Morgan fingerprint density at radius 1 is 1.15 bits per heavy atom. The molecule has 0 fully saturated rings. The third-order valence-corrected chi connectivity index (χ3v) is 3.36. The summed E-state index contributed by atoms with van der Waals surface area (Å²) in [5, 5.41) is 19.2. The summed E-state index contributed by atoms with van der Waals surface area (Å²) in [4.78, 5) is 4.43. The molecule has 0 radical (unpaired) electrons. The number of phenols is 2. The quantitative estimate of drug-likeness (QED) is 0.762. The van der Waals surface area contributed by atoms with Gasteiger partial charge in [0.25, 0.3) is 0 Å². The zero-order valence-corrected chi connectivity index (χ0v) is 11.1. The van der Waals surface area contributed by atoms with E-state index in [0.717, 1.165) is 16.7 Å². The number of benzene rings is 2. The molecule has 3 aromatic rings. The van der Waals surface area contributed by atoms with E-state index in [9.17, 15) is 10.2 Å². The molecule has 0 bridgehead atoms. The van der Waals surface area contributed by atoms with Gasteiger partial charge in [-0.1, -0.05) is 25.1 Å². The second-order valence-electron chi connectivity index (χ2n) is 4.92. The third-order valence-electron chi connectivity index (χ3n) is 3.36. The standard InChI is InChI=1S/C16H15NO3/c1-10(12-7-6-11(18)9-14(12)19)8-16-17-13-4-2-3-5-15(13)20-16/h2-7,9-10,18-19H,8H2,1H3. The van der Waals surface area contributed by atoms with E-state index in [4.69, 9.17) is 4.42 Å². The lowest BCUT2D eigenvalue weighted by molar-refractivity contribution is 0.439. The van der Waals surface area contributed by atoms with E-state index in [2.05, 4.69) is 4.98 Å². The molecule has 0 aliphatic carbocycles. The summed E-state index contributed by atoms with van der Waals surface area (Å²) in [6.07, 6.45) is 0.590. The molecule has 2 aromatic carbocycles. The van der Waals surface area contributed by atoms with Crippen LogP contribution in [-0.4, -0.2) is 15.2 Å². The van der Waals surface area contributed by atoms with Crippen molar-refractivity contribution in [1.82, 2.24) is 4.98 Å².